The van der Waals surface area contributed by atoms with Crippen molar-refractivity contribution < 1.29 is 15.0 Å². The van der Waals surface area contributed by atoms with Gasteiger partial charge in [0.05, 0.1) is 12.5 Å². The summed E-state index contributed by atoms with van der Waals surface area (Å²) in [5.74, 6) is -0.273. The monoisotopic (exact) mass is 185 g/mol. The van der Waals surface area contributed by atoms with Crippen molar-refractivity contribution in [3.05, 3.63) is 0 Å². The summed E-state index contributed by atoms with van der Waals surface area (Å²) >= 11 is 0. The fourth-order valence-electron chi connectivity index (χ4n) is 2.97. The fraction of sp³-hybridized carbons (Fsp3) is 0.900. The summed E-state index contributed by atoms with van der Waals surface area (Å²) in [5.41, 5.74) is 3.48. The van der Waals surface area contributed by atoms with E-state index in [1.807, 2.05) is 0 Å². The summed E-state index contributed by atoms with van der Waals surface area (Å²) in [6.07, 6.45) is -2.61. The van der Waals surface area contributed by atoms with E-state index in [0.29, 0.717) is 19.3 Å². The normalized spacial score (nSPS) is 61.1. The first-order valence-corrected chi connectivity index (χ1v) is 4.48. The molecule has 0 amide bonds. The van der Waals surface area contributed by atoms with Crippen molar-refractivity contribution in [2.75, 3.05) is 7.11 Å². The smallest absolute Gasteiger partial charge is 0.311 e. The van der Waals surface area contributed by atoms with Crippen LogP contribution in [0.25, 0.3) is 0 Å². The number of hydrogen-bond donors (Lipinski definition) is 1. The van der Waals surface area contributed by atoms with Crippen LogP contribution in [0.5, 0.6) is 0 Å². The molecular weight excluding hydrogens is 166 g/mol. The Morgan fingerprint density at radius 3 is 2.38 bits per heavy atom. The molecule has 4 rings (SSSR count). The van der Waals surface area contributed by atoms with Crippen LogP contribution in [0.3, 0.4) is 0 Å². The van der Waals surface area contributed by atoms with Crippen LogP contribution in [0.15, 0.2) is 0 Å². The second-order valence-electron chi connectivity index (χ2n) is 4.64. The molecule has 4 aliphatic carbocycles. The standard InChI is InChI=1S/C10H15NO2/c1-13-7(12)8-4-9(5-8,6-8)10(11)2-3-10/h2-6,11H2,1H3/i2D2,3D2. The number of nitrogens with two attached hydrogens (primary N) is 1. The molecule has 0 radical (unpaired) electrons. The Kier molecular flexibility index (Phi) is 0.655. The molecule has 0 aromatic carbocycles. The lowest BCUT2D eigenvalue weighted by Gasteiger charge is -2.71. The summed E-state index contributed by atoms with van der Waals surface area (Å²) in [6, 6.07) is 0. The Morgan fingerprint density at radius 2 is 2.00 bits per heavy atom. The third-order valence-corrected chi connectivity index (χ3v) is 3.88. The van der Waals surface area contributed by atoms with Crippen LogP contribution in [0.4, 0.5) is 0 Å². The fourth-order valence-corrected chi connectivity index (χ4v) is 2.97. The molecule has 3 nitrogen and oxygen atoms in total. The Labute approximate surface area is 83.2 Å². The van der Waals surface area contributed by atoms with Gasteiger partial charge in [0.1, 0.15) is 0 Å². The lowest BCUT2D eigenvalue weighted by atomic mass is 9.32. The highest BCUT2D eigenvalue weighted by molar-refractivity contribution is 5.81. The Morgan fingerprint density at radius 1 is 1.46 bits per heavy atom. The Bertz CT molecular complexity index is 400. The molecule has 0 aliphatic heterocycles. The molecule has 2 bridgehead atoms. The molecule has 3 heteroatoms. The molecule has 13 heavy (non-hydrogen) atoms. The minimum absolute atomic E-state index is 0.273. The number of carbonyl (C=O) groups excluding carboxylic acids is 1. The van der Waals surface area contributed by atoms with Gasteiger partial charge in [0, 0.05) is 11.0 Å². The van der Waals surface area contributed by atoms with Crippen molar-refractivity contribution in [1.82, 2.24) is 0 Å². The number of esters is 1. The largest absolute Gasteiger partial charge is 0.469 e. The first-order valence-electron chi connectivity index (χ1n) is 6.48. The predicted molar refractivity (Wildman–Crippen MR) is 46.9 cm³/mol. The lowest BCUT2D eigenvalue weighted by Crippen LogP contribution is -2.72. The number of ether oxygens (including phenoxy) is 1. The summed E-state index contributed by atoms with van der Waals surface area (Å²) in [5, 5.41) is 0. The van der Waals surface area contributed by atoms with E-state index < -0.39 is 29.1 Å². The maximum atomic E-state index is 11.5. The van der Waals surface area contributed by atoms with Gasteiger partial charge in [-0.15, -0.1) is 0 Å². The average Bonchev–Trinajstić information content (AvgIpc) is 2.40. The SMILES string of the molecule is [2H]C1([2H])C([2H])([2H])C1(N)C12CC(C(=O)OC)(C1)C2. The van der Waals surface area contributed by atoms with Gasteiger partial charge >= 0.3 is 5.97 Å². The van der Waals surface area contributed by atoms with E-state index in [2.05, 4.69) is 0 Å². The van der Waals surface area contributed by atoms with Crippen LogP contribution < -0.4 is 5.73 Å². The molecule has 4 saturated carbocycles. The van der Waals surface area contributed by atoms with Crippen molar-refractivity contribution in [3.8, 4) is 0 Å². The highest BCUT2D eigenvalue weighted by atomic mass is 16.5. The maximum Gasteiger partial charge on any atom is 0.311 e. The number of methoxy groups -OCH3 is 1. The van der Waals surface area contributed by atoms with Gasteiger partial charge in [-0.2, -0.15) is 0 Å². The van der Waals surface area contributed by atoms with E-state index in [1.165, 1.54) is 7.11 Å². The van der Waals surface area contributed by atoms with Crippen molar-refractivity contribution in [2.24, 2.45) is 16.6 Å². The van der Waals surface area contributed by atoms with Crippen LogP contribution in [-0.4, -0.2) is 18.6 Å². The van der Waals surface area contributed by atoms with E-state index in [1.54, 1.807) is 0 Å². The van der Waals surface area contributed by atoms with E-state index in [0.717, 1.165) is 0 Å². The minimum Gasteiger partial charge on any atom is -0.469 e. The maximum absolute atomic E-state index is 11.5. The molecule has 72 valence electrons. The van der Waals surface area contributed by atoms with Gasteiger partial charge in [-0.1, -0.05) is 0 Å². The zero-order valence-corrected chi connectivity index (χ0v) is 7.52. The zero-order valence-electron chi connectivity index (χ0n) is 11.5. The van der Waals surface area contributed by atoms with Crippen molar-refractivity contribution in [2.45, 2.75) is 37.5 Å². The summed E-state index contributed by atoms with van der Waals surface area (Å²) in [4.78, 5) is 11.5. The molecule has 0 heterocycles. The molecule has 4 aliphatic rings. The molecule has 0 aromatic rings. The second kappa shape index (κ2) is 1.78. The van der Waals surface area contributed by atoms with Gasteiger partial charge in [0.25, 0.3) is 0 Å². The van der Waals surface area contributed by atoms with Gasteiger partial charge in [-0.05, 0) is 37.4 Å². The predicted octanol–water partition coefficient (Wildman–Crippen LogP) is 0.821. The van der Waals surface area contributed by atoms with Crippen LogP contribution in [0.1, 0.15) is 37.5 Å². The molecule has 0 saturated heterocycles. The van der Waals surface area contributed by atoms with Crippen LogP contribution in [-0.2, 0) is 9.53 Å². The molecular formula is C10H15NO2. The first-order chi connectivity index (χ1) is 7.60. The van der Waals surface area contributed by atoms with Gasteiger partial charge in [-0.3, -0.25) is 4.79 Å². The van der Waals surface area contributed by atoms with Gasteiger partial charge < -0.3 is 10.5 Å². The second-order valence-corrected chi connectivity index (χ2v) is 4.64. The molecule has 2 N–H and O–H groups in total. The van der Waals surface area contributed by atoms with E-state index in [9.17, 15) is 4.79 Å². The highest BCUT2D eigenvalue weighted by Gasteiger charge is 2.79. The topological polar surface area (TPSA) is 52.3 Å². The molecule has 0 aromatic heterocycles. The van der Waals surface area contributed by atoms with Crippen molar-refractivity contribution in [3.63, 3.8) is 0 Å². The Balaban J connectivity index is 1.83. The van der Waals surface area contributed by atoms with Crippen LogP contribution in [0.2, 0.25) is 0 Å². The highest BCUT2D eigenvalue weighted by Crippen LogP contribution is 2.80. The van der Waals surface area contributed by atoms with E-state index in [4.69, 9.17) is 16.0 Å². The molecule has 4 fully saturated rings. The number of carbonyl (C=O) groups is 1. The summed E-state index contributed by atoms with van der Waals surface area (Å²) < 4.78 is 35.5. The van der Waals surface area contributed by atoms with Gasteiger partial charge in [0.15, 0.2) is 0 Å². The third-order valence-electron chi connectivity index (χ3n) is 3.88. The van der Waals surface area contributed by atoms with E-state index in [-0.39, 0.29) is 5.97 Å². The van der Waals surface area contributed by atoms with Crippen LogP contribution in [0, 0.1) is 10.8 Å². The van der Waals surface area contributed by atoms with E-state index >= 15 is 0 Å². The molecule has 0 atom stereocenters. The molecule has 0 unspecified atom stereocenters. The minimum atomic E-state index is -2.00. The quantitative estimate of drug-likeness (QED) is 0.648. The van der Waals surface area contributed by atoms with Gasteiger partial charge in [0.2, 0.25) is 0 Å². The number of rotatable bonds is 2. The van der Waals surface area contributed by atoms with Crippen molar-refractivity contribution in [1.29, 1.82) is 0 Å². The summed E-state index contributed by atoms with van der Waals surface area (Å²) in [6.45, 7) is 0. The van der Waals surface area contributed by atoms with Crippen LogP contribution >= 0.6 is 0 Å². The Hall–Kier alpha value is -0.570. The van der Waals surface area contributed by atoms with Crippen molar-refractivity contribution >= 4 is 5.97 Å². The molecule has 0 spiro atoms. The third kappa shape index (κ3) is 0.654. The number of hydrogen-bond acceptors (Lipinski definition) is 3. The van der Waals surface area contributed by atoms with Gasteiger partial charge in [-0.25, -0.2) is 0 Å². The zero-order chi connectivity index (χ0) is 12.9. The lowest BCUT2D eigenvalue weighted by molar-refractivity contribution is -0.236. The summed E-state index contributed by atoms with van der Waals surface area (Å²) in [7, 11) is 1.34. The average molecular weight is 185 g/mol. The first kappa shape index (κ1) is 4.78.